The number of hydrogen-bond acceptors (Lipinski definition) is 3. The summed E-state index contributed by atoms with van der Waals surface area (Å²) in [5.74, 6) is -0.357. The number of rotatable bonds is 7. The first kappa shape index (κ1) is 23.9. The summed E-state index contributed by atoms with van der Waals surface area (Å²) in [7, 11) is -3.75. The number of sulfonamides is 1. The van der Waals surface area contributed by atoms with Gasteiger partial charge in [0.15, 0.2) is 0 Å². The lowest BCUT2D eigenvalue weighted by Crippen LogP contribution is -2.49. The molecule has 1 N–H and O–H groups in total. The van der Waals surface area contributed by atoms with Gasteiger partial charge >= 0.3 is 0 Å². The van der Waals surface area contributed by atoms with Crippen LogP contribution in [0.15, 0.2) is 36.4 Å². The summed E-state index contributed by atoms with van der Waals surface area (Å²) in [6, 6.07) is 9.74. The lowest BCUT2D eigenvalue weighted by Gasteiger charge is -2.31. The van der Waals surface area contributed by atoms with Crippen LogP contribution in [-0.2, 0) is 27.7 Å². The minimum atomic E-state index is -3.75. The maximum Gasteiger partial charge on any atom is 0.244 e. The summed E-state index contributed by atoms with van der Waals surface area (Å²) >= 11 is 12.1. The van der Waals surface area contributed by atoms with Gasteiger partial charge in [-0.25, -0.2) is 8.42 Å². The van der Waals surface area contributed by atoms with Crippen molar-refractivity contribution in [2.75, 3.05) is 10.6 Å². The van der Waals surface area contributed by atoms with Gasteiger partial charge in [0, 0.05) is 0 Å². The fourth-order valence-corrected chi connectivity index (χ4v) is 5.59. The van der Waals surface area contributed by atoms with Gasteiger partial charge in [0.25, 0.3) is 0 Å². The van der Waals surface area contributed by atoms with E-state index in [1.165, 1.54) is 36.1 Å². The third kappa shape index (κ3) is 5.54. The van der Waals surface area contributed by atoms with Gasteiger partial charge in [0.05, 0.1) is 28.0 Å². The van der Waals surface area contributed by atoms with Gasteiger partial charge in [-0.1, -0.05) is 48.3 Å². The lowest BCUT2D eigenvalue weighted by atomic mass is 9.89. The first-order chi connectivity index (χ1) is 14.6. The average Bonchev–Trinajstić information content (AvgIpc) is 2.72. The van der Waals surface area contributed by atoms with Gasteiger partial charge in [0.1, 0.15) is 6.04 Å². The van der Waals surface area contributed by atoms with E-state index in [9.17, 15) is 13.2 Å². The van der Waals surface area contributed by atoms with Gasteiger partial charge < -0.3 is 5.32 Å². The van der Waals surface area contributed by atoms with Crippen LogP contribution in [-0.4, -0.2) is 26.6 Å². The zero-order chi connectivity index (χ0) is 22.8. The Bertz CT molecular complexity index is 1070. The highest BCUT2D eigenvalue weighted by molar-refractivity contribution is 7.92. The van der Waals surface area contributed by atoms with Crippen molar-refractivity contribution in [3.05, 3.63) is 63.1 Å². The molecule has 2 aromatic carbocycles. The molecule has 1 aliphatic rings. The number of anilines is 1. The highest BCUT2D eigenvalue weighted by Gasteiger charge is 2.32. The number of hydrogen-bond donors (Lipinski definition) is 1. The molecule has 0 fully saturated rings. The highest BCUT2D eigenvalue weighted by Crippen LogP contribution is 2.31. The maximum absolute atomic E-state index is 13.2. The Balaban J connectivity index is 1.85. The van der Waals surface area contributed by atoms with Gasteiger partial charge in [-0.3, -0.25) is 9.10 Å². The van der Waals surface area contributed by atoms with E-state index in [1.807, 2.05) is 13.0 Å². The van der Waals surface area contributed by atoms with Crippen LogP contribution in [0.5, 0.6) is 0 Å². The second-order valence-electron chi connectivity index (χ2n) is 8.05. The van der Waals surface area contributed by atoms with Crippen molar-refractivity contribution in [2.24, 2.45) is 0 Å². The van der Waals surface area contributed by atoms with Crippen molar-refractivity contribution in [1.29, 1.82) is 0 Å². The molecule has 0 saturated heterocycles. The molecule has 0 unspecified atom stereocenters. The van der Waals surface area contributed by atoms with E-state index >= 15 is 0 Å². The quantitative estimate of drug-likeness (QED) is 0.582. The van der Waals surface area contributed by atoms with Gasteiger partial charge in [-0.2, -0.15) is 0 Å². The Kier molecular flexibility index (Phi) is 7.55. The van der Waals surface area contributed by atoms with Crippen molar-refractivity contribution in [1.82, 2.24) is 5.32 Å². The molecule has 0 radical (unpaired) electrons. The second kappa shape index (κ2) is 9.80. The van der Waals surface area contributed by atoms with Crippen molar-refractivity contribution in [3.8, 4) is 0 Å². The summed E-state index contributed by atoms with van der Waals surface area (Å²) in [6.07, 6.45) is 5.94. The van der Waals surface area contributed by atoms with Crippen LogP contribution >= 0.6 is 23.2 Å². The van der Waals surface area contributed by atoms with Crippen LogP contribution in [0, 0.1) is 0 Å². The molecule has 2 aromatic rings. The molecule has 2 atom stereocenters. The molecule has 168 valence electrons. The summed E-state index contributed by atoms with van der Waals surface area (Å²) in [6.45, 7) is 3.70. The molecule has 0 spiro atoms. The van der Waals surface area contributed by atoms with E-state index in [4.69, 9.17) is 23.2 Å². The molecule has 31 heavy (non-hydrogen) atoms. The van der Waals surface area contributed by atoms with Crippen LogP contribution in [0.25, 0.3) is 0 Å². The monoisotopic (exact) mass is 482 g/mol. The van der Waals surface area contributed by atoms with Crippen LogP contribution < -0.4 is 9.62 Å². The Hall–Kier alpha value is -1.76. The Labute approximate surface area is 194 Å². The van der Waals surface area contributed by atoms with Crippen molar-refractivity contribution in [2.45, 2.75) is 58.0 Å². The normalized spacial score (nSPS) is 15.6. The topological polar surface area (TPSA) is 66.5 Å². The second-order valence-corrected chi connectivity index (χ2v) is 10.7. The standard InChI is InChI=1S/C23H28Cl2N2O3S/c1-4-22(27(31(3,29)30)19-11-12-20(24)21(25)14-19)23(28)26-15(2)17-10-9-16-7-5-6-8-18(16)13-17/h9-15,22H,4-8H2,1-3H3,(H,26,28)/t15-,22+/m0/s1. The summed E-state index contributed by atoms with van der Waals surface area (Å²) < 4.78 is 26.4. The molecule has 8 heteroatoms. The predicted octanol–water partition coefficient (Wildman–Crippen LogP) is 5.29. The van der Waals surface area contributed by atoms with Crippen LogP contribution in [0.3, 0.4) is 0 Å². The fraction of sp³-hybridized carbons (Fsp3) is 0.435. The SMILES string of the molecule is CC[C@H](C(=O)N[C@@H](C)c1ccc2c(c1)CCCC2)N(c1ccc(Cl)c(Cl)c1)S(C)(=O)=O. The lowest BCUT2D eigenvalue weighted by molar-refractivity contribution is -0.122. The van der Waals surface area contributed by atoms with E-state index in [2.05, 4.69) is 17.4 Å². The van der Waals surface area contributed by atoms with E-state index in [0.29, 0.717) is 17.1 Å². The zero-order valence-electron chi connectivity index (χ0n) is 18.0. The molecule has 1 amide bonds. The summed E-state index contributed by atoms with van der Waals surface area (Å²) in [5.41, 5.74) is 4.04. The number of amides is 1. The van der Waals surface area contributed by atoms with E-state index in [-0.39, 0.29) is 17.0 Å². The van der Waals surface area contributed by atoms with E-state index < -0.39 is 16.1 Å². The van der Waals surface area contributed by atoms with Crippen LogP contribution in [0.2, 0.25) is 10.0 Å². The Morgan fingerprint density at radius 1 is 1.06 bits per heavy atom. The molecule has 0 heterocycles. The third-order valence-electron chi connectivity index (χ3n) is 5.72. The summed E-state index contributed by atoms with van der Waals surface area (Å²) in [5, 5.41) is 3.54. The zero-order valence-corrected chi connectivity index (χ0v) is 20.3. The Morgan fingerprint density at radius 2 is 1.74 bits per heavy atom. The molecule has 1 aliphatic carbocycles. The number of fused-ring (bicyclic) bond motifs is 1. The Morgan fingerprint density at radius 3 is 2.35 bits per heavy atom. The van der Waals surface area contributed by atoms with Crippen molar-refractivity contribution in [3.63, 3.8) is 0 Å². The van der Waals surface area contributed by atoms with Gasteiger partial charge in [0.2, 0.25) is 15.9 Å². The molecular weight excluding hydrogens is 455 g/mol. The first-order valence-corrected chi connectivity index (χ1v) is 13.1. The molecule has 5 nitrogen and oxygen atoms in total. The molecule has 0 bridgehead atoms. The molecule has 3 rings (SSSR count). The number of benzene rings is 2. The molecule has 0 saturated carbocycles. The number of carbonyl (C=O) groups excluding carboxylic acids is 1. The van der Waals surface area contributed by atoms with E-state index in [0.717, 1.165) is 29.0 Å². The summed E-state index contributed by atoms with van der Waals surface area (Å²) in [4.78, 5) is 13.2. The van der Waals surface area contributed by atoms with Crippen molar-refractivity contribution >= 4 is 44.8 Å². The average molecular weight is 483 g/mol. The number of nitrogens with one attached hydrogen (secondary N) is 1. The number of nitrogens with zero attached hydrogens (tertiary/aromatic N) is 1. The number of halogens is 2. The minimum Gasteiger partial charge on any atom is -0.348 e. The number of carbonyl (C=O) groups is 1. The van der Waals surface area contributed by atoms with E-state index in [1.54, 1.807) is 13.0 Å². The smallest absolute Gasteiger partial charge is 0.244 e. The van der Waals surface area contributed by atoms with Gasteiger partial charge in [-0.05, 0) is 73.9 Å². The van der Waals surface area contributed by atoms with Crippen LogP contribution in [0.1, 0.15) is 55.8 Å². The minimum absolute atomic E-state index is 0.227. The molecule has 0 aliphatic heterocycles. The maximum atomic E-state index is 13.2. The molecular formula is C23H28Cl2N2O3S. The highest BCUT2D eigenvalue weighted by atomic mass is 35.5. The third-order valence-corrected chi connectivity index (χ3v) is 7.64. The first-order valence-electron chi connectivity index (χ1n) is 10.5. The fourth-order valence-electron chi connectivity index (χ4n) is 4.10. The van der Waals surface area contributed by atoms with Crippen LogP contribution in [0.4, 0.5) is 5.69 Å². The molecule has 0 aromatic heterocycles. The predicted molar refractivity (Wildman–Crippen MR) is 128 cm³/mol. The van der Waals surface area contributed by atoms with Gasteiger partial charge in [-0.15, -0.1) is 0 Å². The number of aryl methyl sites for hydroxylation is 2. The van der Waals surface area contributed by atoms with Crippen molar-refractivity contribution < 1.29 is 13.2 Å². The largest absolute Gasteiger partial charge is 0.348 e.